The molecule has 0 saturated heterocycles. The smallest absolute Gasteiger partial charge is 0.123 e. The van der Waals surface area contributed by atoms with Gasteiger partial charge >= 0.3 is 0 Å². The highest BCUT2D eigenvalue weighted by Gasteiger charge is 2.54. The van der Waals surface area contributed by atoms with Gasteiger partial charge in [0, 0.05) is 12.0 Å². The van der Waals surface area contributed by atoms with E-state index in [1.807, 2.05) is 6.07 Å². The lowest BCUT2D eigenvalue weighted by Crippen LogP contribution is -2.16. The Morgan fingerprint density at radius 1 is 1.40 bits per heavy atom. The number of hydrogen-bond donors (Lipinski definition) is 2. The molecule has 2 nitrogen and oxygen atoms in total. The second-order valence-corrected chi connectivity index (χ2v) is 4.24. The van der Waals surface area contributed by atoms with Crippen LogP contribution in [0.3, 0.4) is 0 Å². The summed E-state index contributed by atoms with van der Waals surface area (Å²) in [4.78, 5) is 0. The number of halogens is 1. The SMILES string of the molecule is OCCC1CC1(CO)c1cccc(F)c1. The monoisotopic (exact) mass is 210 g/mol. The Labute approximate surface area is 88.4 Å². The largest absolute Gasteiger partial charge is 0.396 e. The van der Waals surface area contributed by atoms with Crippen molar-refractivity contribution in [2.75, 3.05) is 13.2 Å². The standard InChI is InChI=1S/C12H15FO2/c13-11-3-1-2-9(6-11)12(8-15)7-10(12)4-5-14/h1-3,6,10,14-15H,4-5,7-8H2. The first-order valence-corrected chi connectivity index (χ1v) is 5.21. The Balaban J connectivity index is 2.22. The van der Waals surface area contributed by atoms with Crippen LogP contribution in [0, 0.1) is 11.7 Å². The fourth-order valence-corrected chi connectivity index (χ4v) is 2.35. The number of aliphatic hydroxyl groups excluding tert-OH is 2. The fourth-order valence-electron chi connectivity index (χ4n) is 2.35. The zero-order valence-corrected chi connectivity index (χ0v) is 8.49. The van der Waals surface area contributed by atoms with Gasteiger partial charge < -0.3 is 10.2 Å². The van der Waals surface area contributed by atoms with E-state index in [1.165, 1.54) is 12.1 Å². The summed E-state index contributed by atoms with van der Waals surface area (Å²) in [7, 11) is 0. The van der Waals surface area contributed by atoms with Crippen LogP contribution in [0.2, 0.25) is 0 Å². The molecule has 1 aliphatic rings. The second kappa shape index (κ2) is 3.91. The van der Waals surface area contributed by atoms with Gasteiger partial charge in [0.2, 0.25) is 0 Å². The van der Waals surface area contributed by atoms with Crippen molar-refractivity contribution in [1.29, 1.82) is 0 Å². The van der Waals surface area contributed by atoms with Gasteiger partial charge in [-0.1, -0.05) is 12.1 Å². The topological polar surface area (TPSA) is 40.5 Å². The number of rotatable bonds is 4. The van der Waals surface area contributed by atoms with Gasteiger partial charge in [0.15, 0.2) is 0 Å². The lowest BCUT2D eigenvalue weighted by Gasteiger charge is -2.14. The molecule has 1 aliphatic carbocycles. The van der Waals surface area contributed by atoms with Crippen LogP contribution in [-0.2, 0) is 5.41 Å². The van der Waals surface area contributed by atoms with E-state index in [0.717, 1.165) is 12.0 Å². The molecular weight excluding hydrogens is 195 g/mol. The van der Waals surface area contributed by atoms with Gasteiger partial charge in [0.1, 0.15) is 5.82 Å². The highest BCUT2D eigenvalue weighted by Crippen LogP contribution is 2.55. The summed E-state index contributed by atoms with van der Waals surface area (Å²) in [5.41, 5.74) is 0.550. The van der Waals surface area contributed by atoms with Crippen molar-refractivity contribution in [3.8, 4) is 0 Å². The van der Waals surface area contributed by atoms with Crippen LogP contribution in [0.15, 0.2) is 24.3 Å². The van der Waals surface area contributed by atoms with Gasteiger partial charge in [0.25, 0.3) is 0 Å². The normalized spacial score (nSPS) is 29.1. The predicted octanol–water partition coefficient (Wildman–Crippen LogP) is 1.46. The molecule has 2 atom stereocenters. The van der Waals surface area contributed by atoms with Gasteiger partial charge in [-0.3, -0.25) is 0 Å². The first-order valence-electron chi connectivity index (χ1n) is 5.21. The lowest BCUT2D eigenvalue weighted by atomic mass is 9.93. The predicted molar refractivity (Wildman–Crippen MR) is 55.0 cm³/mol. The highest BCUT2D eigenvalue weighted by molar-refractivity contribution is 5.34. The first kappa shape index (κ1) is 10.6. The molecule has 82 valence electrons. The molecule has 1 saturated carbocycles. The van der Waals surface area contributed by atoms with E-state index in [4.69, 9.17) is 5.11 Å². The summed E-state index contributed by atoms with van der Waals surface area (Å²) >= 11 is 0. The van der Waals surface area contributed by atoms with Crippen LogP contribution >= 0.6 is 0 Å². The molecule has 0 amide bonds. The minimum Gasteiger partial charge on any atom is -0.396 e. The Hall–Kier alpha value is -0.930. The molecule has 0 spiro atoms. The van der Waals surface area contributed by atoms with E-state index < -0.39 is 0 Å². The highest BCUT2D eigenvalue weighted by atomic mass is 19.1. The molecule has 0 bridgehead atoms. The number of hydrogen-bond acceptors (Lipinski definition) is 2. The van der Waals surface area contributed by atoms with Crippen molar-refractivity contribution >= 4 is 0 Å². The van der Waals surface area contributed by atoms with Crippen LogP contribution in [0.4, 0.5) is 4.39 Å². The lowest BCUT2D eigenvalue weighted by molar-refractivity contribution is 0.229. The van der Waals surface area contributed by atoms with E-state index in [-0.39, 0.29) is 30.4 Å². The van der Waals surface area contributed by atoms with Crippen LogP contribution in [-0.4, -0.2) is 23.4 Å². The molecule has 0 heterocycles. The van der Waals surface area contributed by atoms with Crippen molar-refractivity contribution in [2.45, 2.75) is 18.3 Å². The summed E-state index contributed by atoms with van der Waals surface area (Å²) in [6.07, 6.45) is 1.52. The molecule has 3 heteroatoms. The molecule has 0 aromatic heterocycles. The van der Waals surface area contributed by atoms with E-state index >= 15 is 0 Å². The maximum Gasteiger partial charge on any atom is 0.123 e. The minimum absolute atomic E-state index is 0.0289. The molecular formula is C12H15FO2. The van der Waals surface area contributed by atoms with Gasteiger partial charge in [-0.05, 0) is 36.5 Å². The summed E-state index contributed by atoms with van der Waals surface area (Å²) in [5.74, 6) is 0.0178. The van der Waals surface area contributed by atoms with E-state index in [2.05, 4.69) is 0 Å². The van der Waals surface area contributed by atoms with Crippen LogP contribution in [0.25, 0.3) is 0 Å². The molecule has 1 fully saturated rings. The molecule has 2 rings (SSSR count). The molecule has 2 unspecified atom stereocenters. The van der Waals surface area contributed by atoms with Crippen molar-refractivity contribution in [3.05, 3.63) is 35.6 Å². The third kappa shape index (κ3) is 1.77. The van der Waals surface area contributed by atoms with Crippen molar-refractivity contribution in [2.24, 2.45) is 5.92 Å². The second-order valence-electron chi connectivity index (χ2n) is 4.24. The van der Waals surface area contributed by atoms with Gasteiger partial charge in [0.05, 0.1) is 6.61 Å². The average Bonchev–Trinajstić information content (AvgIpc) is 2.94. The van der Waals surface area contributed by atoms with Crippen LogP contribution in [0.1, 0.15) is 18.4 Å². The zero-order valence-electron chi connectivity index (χ0n) is 8.49. The summed E-state index contributed by atoms with van der Waals surface area (Å²) in [6, 6.07) is 6.39. The Morgan fingerprint density at radius 3 is 2.80 bits per heavy atom. The van der Waals surface area contributed by atoms with Gasteiger partial charge in [-0.2, -0.15) is 0 Å². The fraction of sp³-hybridized carbons (Fsp3) is 0.500. The third-order valence-electron chi connectivity index (χ3n) is 3.39. The van der Waals surface area contributed by atoms with Crippen LogP contribution in [0.5, 0.6) is 0 Å². The van der Waals surface area contributed by atoms with Gasteiger partial charge in [-0.25, -0.2) is 4.39 Å². The molecule has 1 aromatic carbocycles. The summed E-state index contributed by atoms with van der Waals surface area (Å²) in [5, 5.41) is 18.2. The zero-order chi connectivity index (χ0) is 10.9. The van der Waals surface area contributed by atoms with E-state index in [1.54, 1.807) is 6.07 Å². The van der Waals surface area contributed by atoms with Gasteiger partial charge in [-0.15, -0.1) is 0 Å². The Kier molecular flexibility index (Phi) is 2.76. The molecule has 15 heavy (non-hydrogen) atoms. The molecule has 1 aromatic rings. The summed E-state index contributed by atoms with van der Waals surface area (Å²) in [6.45, 7) is 0.156. The Bertz CT molecular complexity index is 353. The van der Waals surface area contributed by atoms with E-state index in [0.29, 0.717) is 6.42 Å². The maximum absolute atomic E-state index is 13.0. The number of benzene rings is 1. The molecule has 2 N–H and O–H groups in total. The molecule has 0 aliphatic heterocycles. The average molecular weight is 210 g/mol. The quantitative estimate of drug-likeness (QED) is 0.789. The van der Waals surface area contributed by atoms with Crippen molar-refractivity contribution < 1.29 is 14.6 Å². The van der Waals surface area contributed by atoms with E-state index in [9.17, 15) is 9.50 Å². The van der Waals surface area contributed by atoms with Crippen molar-refractivity contribution in [1.82, 2.24) is 0 Å². The summed E-state index contributed by atoms with van der Waals surface area (Å²) < 4.78 is 13.0. The first-order chi connectivity index (χ1) is 7.23. The third-order valence-corrected chi connectivity index (χ3v) is 3.39. The molecule has 0 radical (unpaired) electrons. The number of aliphatic hydroxyl groups is 2. The van der Waals surface area contributed by atoms with Crippen molar-refractivity contribution in [3.63, 3.8) is 0 Å². The minimum atomic E-state index is -0.301. The van der Waals surface area contributed by atoms with Crippen LogP contribution < -0.4 is 0 Å². The Morgan fingerprint density at radius 2 is 2.20 bits per heavy atom. The maximum atomic E-state index is 13.0.